The highest BCUT2D eigenvalue weighted by molar-refractivity contribution is 5.56. The maximum Gasteiger partial charge on any atom is 0.151 e. The third-order valence-electron chi connectivity index (χ3n) is 1.33. The Hall–Kier alpha value is -0.530. The summed E-state index contributed by atoms with van der Waals surface area (Å²) >= 11 is 0. The Morgan fingerprint density at radius 3 is 2.08 bits per heavy atom. The van der Waals surface area contributed by atoms with Crippen LogP contribution in [0.25, 0.3) is 0 Å². The molecule has 0 saturated heterocycles. The fourth-order valence-electron chi connectivity index (χ4n) is 0.563. The molecule has 4 unspecified atom stereocenters. The minimum Gasteiger partial charge on any atom is -0.394 e. The van der Waals surface area contributed by atoms with E-state index in [-0.39, 0.29) is 6.29 Å². The van der Waals surface area contributed by atoms with Gasteiger partial charge < -0.3 is 30.3 Å². The molecule has 0 aromatic rings. The fourth-order valence-corrected chi connectivity index (χ4v) is 0.563. The third-order valence-corrected chi connectivity index (χ3v) is 1.33. The number of rotatable bonds is 5. The van der Waals surface area contributed by atoms with E-state index in [0.29, 0.717) is 0 Å². The maximum absolute atomic E-state index is 10.0. The summed E-state index contributed by atoms with van der Waals surface area (Å²) in [5.41, 5.74) is 0. The molecule has 6 nitrogen and oxygen atoms in total. The second-order valence-electron chi connectivity index (χ2n) is 2.23. The summed E-state index contributed by atoms with van der Waals surface area (Å²) in [6, 6.07) is 0. The first-order valence-corrected chi connectivity index (χ1v) is 3.20. The van der Waals surface area contributed by atoms with Gasteiger partial charge >= 0.3 is 0 Å². The molecule has 0 rings (SSSR count). The zero-order valence-electron chi connectivity index (χ0n) is 7.16. The van der Waals surface area contributed by atoms with Crippen LogP contribution in [0.4, 0.5) is 0 Å². The molecule has 6 heteroatoms. The summed E-state index contributed by atoms with van der Waals surface area (Å²) in [6.45, 7) is -0.854. The van der Waals surface area contributed by atoms with Gasteiger partial charge in [-0.15, -0.1) is 0 Å². The molecular formula is C6H12O6. The first-order chi connectivity index (χ1) is 5.86. The van der Waals surface area contributed by atoms with E-state index < -0.39 is 31.0 Å². The van der Waals surface area contributed by atoms with Crippen LogP contribution in [-0.2, 0) is 4.79 Å². The molecule has 12 heavy (non-hydrogen) atoms. The number of aldehydes is 1. The molecule has 5 N–H and O–H groups in total. The molecule has 0 aliphatic carbocycles. The van der Waals surface area contributed by atoms with Crippen LogP contribution in [0.15, 0.2) is 0 Å². The molecule has 0 saturated carbocycles. The molecular weight excluding hydrogens is 168 g/mol. The smallest absolute Gasteiger partial charge is 0.151 e. The minimum atomic E-state index is -2.89. The summed E-state index contributed by atoms with van der Waals surface area (Å²) in [5, 5.41) is 43.8. The van der Waals surface area contributed by atoms with Crippen molar-refractivity contribution in [3.63, 3.8) is 0 Å². The molecule has 0 radical (unpaired) electrons. The van der Waals surface area contributed by atoms with Crippen molar-refractivity contribution in [2.75, 3.05) is 6.61 Å². The lowest BCUT2D eigenvalue weighted by molar-refractivity contribution is -0.136. The van der Waals surface area contributed by atoms with E-state index in [1.54, 1.807) is 0 Å². The van der Waals surface area contributed by atoms with Crippen molar-refractivity contribution < 1.29 is 31.7 Å². The highest BCUT2D eigenvalue weighted by atomic mass is 16.4. The van der Waals surface area contributed by atoms with E-state index in [4.69, 9.17) is 26.9 Å². The first-order valence-electron chi connectivity index (χ1n) is 3.70. The Kier molecular flexibility index (Phi) is 4.12. The molecule has 0 aliphatic heterocycles. The maximum atomic E-state index is 10.0. The van der Waals surface area contributed by atoms with Gasteiger partial charge in [-0.1, -0.05) is 0 Å². The van der Waals surface area contributed by atoms with Crippen molar-refractivity contribution in [1.82, 2.24) is 0 Å². The van der Waals surface area contributed by atoms with E-state index >= 15 is 0 Å². The Morgan fingerprint density at radius 1 is 1.25 bits per heavy atom. The van der Waals surface area contributed by atoms with E-state index in [1.165, 1.54) is 0 Å². The van der Waals surface area contributed by atoms with Crippen molar-refractivity contribution in [2.24, 2.45) is 0 Å². The average molecular weight is 182 g/mol. The standard InChI is InChI=1S/C6H12O6/c7-1-3(9)5(11)6(12)4(10)2-8/h1,3-6,8-12H,2H2/i3T. The van der Waals surface area contributed by atoms with Crippen molar-refractivity contribution in [1.29, 1.82) is 0 Å². The lowest BCUT2D eigenvalue weighted by Crippen LogP contribution is -2.46. The van der Waals surface area contributed by atoms with Gasteiger partial charge in [-0.3, -0.25) is 0 Å². The van der Waals surface area contributed by atoms with E-state index in [2.05, 4.69) is 0 Å². The number of aliphatic hydroxyl groups is 5. The average Bonchev–Trinajstić information content (AvgIpc) is 2.14. The van der Waals surface area contributed by atoms with Crippen LogP contribution in [0.5, 0.6) is 0 Å². The molecule has 72 valence electrons. The largest absolute Gasteiger partial charge is 0.394 e. The second-order valence-corrected chi connectivity index (χ2v) is 2.23. The highest BCUT2D eigenvalue weighted by Gasteiger charge is 2.29. The molecule has 0 amide bonds. The van der Waals surface area contributed by atoms with E-state index in [9.17, 15) is 4.79 Å². The Labute approximate surface area is 70.1 Å². The number of hydrogen-bond donors (Lipinski definition) is 5. The van der Waals surface area contributed by atoms with E-state index in [1.807, 2.05) is 0 Å². The number of carbonyl (C=O) groups is 1. The number of carbonyl (C=O) groups excluding carboxylic acids is 1. The quantitative estimate of drug-likeness (QED) is 0.283. The van der Waals surface area contributed by atoms with Gasteiger partial charge in [-0.25, -0.2) is 0 Å². The summed E-state index contributed by atoms with van der Waals surface area (Å²) in [6.07, 6.45) is -9.03. The molecule has 0 fully saturated rings. The molecule has 4 atom stereocenters. The number of hydrogen-bond acceptors (Lipinski definition) is 6. The van der Waals surface area contributed by atoms with Gasteiger partial charge in [0.1, 0.15) is 24.4 Å². The van der Waals surface area contributed by atoms with Crippen LogP contribution in [0, 0.1) is 0 Å². The van der Waals surface area contributed by atoms with Crippen LogP contribution in [0.2, 0.25) is 0 Å². The third kappa shape index (κ3) is 2.84. The van der Waals surface area contributed by atoms with Crippen molar-refractivity contribution in [3.05, 3.63) is 0 Å². The van der Waals surface area contributed by atoms with Gasteiger partial charge in [0.25, 0.3) is 0 Å². The normalized spacial score (nSPS) is 24.9. The molecule has 0 heterocycles. The highest BCUT2D eigenvalue weighted by Crippen LogP contribution is 2.02. The van der Waals surface area contributed by atoms with Crippen LogP contribution in [0.1, 0.15) is 1.37 Å². The van der Waals surface area contributed by atoms with Crippen molar-refractivity contribution in [3.8, 4) is 0 Å². The zero-order chi connectivity index (χ0) is 10.6. The lowest BCUT2D eigenvalue weighted by atomic mass is 10.0. The molecule has 0 aliphatic rings. The van der Waals surface area contributed by atoms with Crippen LogP contribution in [0.3, 0.4) is 0 Å². The Morgan fingerprint density at radius 2 is 1.75 bits per heavy atom. The van der Waals surface area contributed by atoms with Crippen LogP contribution >= 0.6 is 0 Å². The van der Waals surface area contributed by atoms with Gasteiger partial charge in [0, 0.05) is 0 Å². The predicted octanol–water partition coefficient (Wildman–Crippen LogP) is -3.38. The van der Waals surface area contributed by atoms with Gasteiger partial charge in [0.2, 0.25) is 0 Å². The topological polar surface area (TPSA) is 118 Å². The summed E-state index contributed by atoms with van der Waals surface area (Å²) in [5.74, 6) is 0. The van der Waals surface area contributed by atoms with E-state index in [0.717, 1.165) is 0 Å². The van der Waals surface area contributed by atoms with Crippen LogP contribution in [-0.4, -0.2) is 62.8 Å². The zero-order valence-corrected chi connectivity index (χ0v) is 6.16. The van der Waals surface area contributed by atoms with Crippen LogP contribution < -0.4 is 0 Å². The lowest BCUT2D eigenvalue weighted by Gasteiger charge is -2.22. The van der Waals surface area contributed by atoms with Gasteiger partial charge in [-0.2, -0.15) is 0 Å². The summed E-state index contributed by atoms with van der Waals surface area (Å²) in [7, 11) is 0. The summed E-state index contributed by atoms with van der Waals surface area (Å²) in [4.78, 5) is 10.0. The molecule has 0 aromatic carbocycles. The fraction of sp³-hybridized carbons (Fsp3) is 0.833. The summed E-state index contributed by atoms with van der Waals surface area (Å²) < 4.78 is 6.76. The Bertz CT molecular complexity index is 173. The molecule has 0 spiro atoms. The van der Waals surface area contributed by atoms with Gasteiger partial charge in [-0.05, 0) is 0 Å². The Balaban J connectivity index is 4.40. The van der Waals surface area contributed by atoms with Crippen molar-refractivity contribution >= 4 is 6.29 Å². The van der Waals surface area contributed by atoms with Gasteiger partial charge in [0.05, 0.1) is 7.98 Å². The minimum absolute atomic E-state index is 0.287. The molecule has 0 aromatic heterocycles. The first kappa shape index (κ1) is 9.56. The molecule has 0 bridgehead atoms. The second kappa shape index (κ2) is 5.18. The van der Waals surface area contributed by atoms with Gasteiger partial charge in [0.15, 0.2) is 6.29 Å². The number of aliphatic hydroxyl groups excluding tert-OH is 4. The predicted molar refractivity (Wildman–Crippen MR) is 37.2 cm³/mol. The monoisotopic (exact) mass is 182 g/mol. The SMILES string of the molecule is [3H]C(O)(C=O)C(O)C(O)C(O)CO. The van der Waals surface area contributed by atoms with Crippen molar-refractivity contribution in [2.45, 2.75) is 24.4 Å².